The molecular formula is C23H21NO4. The van der Waals surface area contributed by atoms with E-state index >= 15 is 0 Å². The van der Waals surface area contributed by atoms with E-state index in [4.69, 9.17) is 4.74 Å². The van der Waals surface area contributed by atoms with Crippen molar-refractivity contribution in [2.24, 2.45) is 17.8 Å². The van der Waals surface area contributed by atoms with E-state index in [9.17, 15) is 14.4 Å². The van der Waals surface area contributed by atoms with Crippen LogP contribution in [-0.4, -0.2) is 24.3 Å². The lowest BCUT2D eigenvalue weighted by Crippen LogP contribution is -2.27. The lowest BCUT2D eigenvalue weighted by Gasteiger charge is -2.16. The Balaban J connectivity index is 1.38. The van der Waals surface area contributed by atoms with Gasteiger partial charge in [-0.1, -0.05) is 54.6 Å². The number of fused-ring (bicyclic) bond motifs is 2. The van der Waals surface area contributed by atoms with Crippen molar-refractivity contribution in [3.05, 3.63) is 77.9 Å². The lowest BCUT2D eigenvalue weighted by atomic mass is 9.94. The number of para-hydroxylation sites is 1. The van der Waals surface area contributed by atoms with E-state index in [1.54, 1.807) is 48.5 Å². The maximum atomic E-state index is 12.7. The molecule has 0 saturated heterocycles. The number of rotatable bonds is 6. The van der Waals surface area contributed by atoms with Crippen LogP contribution in [0.3, 0.4) is 0 Å². The first kappa shape index (κ1) is 18.2. The van der Waals surface area contributed by atoms with E-state index in [1.165, 1.54) is 0 Å². The fourth-order valence-corrected chi connectivity index (χ4v) is 4.02. The molecule has 5 heteroatoms. The first-order chi connectivity index (χ1) is 13.6. The highest BCUT2D eigenvalue weighted by molar-refractivity contribution is 6.13. The van der Waals surface area contributed by atoms with Crippen LogP contribution in [0.4, 0.5) is 5.69 Å². The van der Waals surface area contributed by atoms with E-state index in [-0.39, 0.29) is 30.2 Å². The normalized spacial score (nSPS) is 22.1. The number of allylic oxidation sites excluding steroid dienone is 2. The van der Waals surface area contributed by atoms with Crippen LogP contribution in [0, 0.1) is 17.8 Å². The van der Waals surface area contributed by atoms with Crippen LogP contribution in [0.1, 0.15) is 28.8 Å². The minimum absolute atomic E-state index is 0.144. The van der Waals surface area contributed by atoms with Gasteiger partial charge in [-0.05, 0) is 36.8 Å². The number of carbonyl (C=O) groups excluding carboxylic acids is 3. The van der Waals surface area contributed by atoms with Gasteiger partial charge in [0, 0.05) is 11.1 Å². The molecule has 1 amide bonds. The summed E-state index contributed by atoms with van der Waals surface area (Å²) in [6, 6.07) is 15.7. The maximum Gasteiger partial charge on any atom is 0.310 e. The highest BCUT2D eigenvalue weighted by atomic mass is 16.5. The van der Waals surface area contributed by atoms with Crippen molar-refractivity contribution in [3.8, 4) is 0 Å². The van der Waals surface area contributed by atoms with Gasteiger partial charge >= 0.3 is 5.97 Å². The number of esters is 1. The number of benzene rings is 2. The van der Waals surface area contributed by atoms with Crippen LogP contribution in [-0.2, 0) is 14.3 Å². The molecule has 0 radical (unpaired) electrons. The van der Waals surface area contributed by atoms with Gasteiger partial charge in [0.05, 0.1) is 11.6 Å². The summed E-state index contributed by atoms with van der Waals surface area (Å²) in [7, 11) is 0. The van der Waals surface area contributed by atoms with Crippen molar-refractivity contribution in [1.82, 2.24) is 0 Å². The molecule has 0 aromatic heterocycles. The molecule has 2 aromatic carbocycles. The first-order valence-corrected chi connectivity index (χ1v) is 9.45. The number of amides is 1. The zero-order valence-corrected chi connectivity index (χ0v) is 15.3. The molecule has 0 heterocycles. The number of hydrogen-bond donors (Lipinski definition) is 1. The average molecular weight is 375 g/mol. The number of ether oxygens (including phenoxy) is 1. The molecule has 2 aromatic rings. The van der Waals surface area contributed by atoms with Gasteiger partial charge in [-0.2, -0.15) is 0 Å². The van der Waals surface area contributed by atoms with Crippen molar-refractivity contribution in [3.63, 3.8) is 0 Å². The smallest absolute Gasteiger partial charge is 0.310 e. The molecular weight excluding hydrogens is 354 g/mol. The van der Waals surface area contributed by atoms with Crippen molar-refractivity contribution >= 4 is 23.3 Å². The third-order valence-corrected chi connectivity index (χ3v) is 5.41. The largest absolute Gasteiger partial charge is 0.455 e. The summed E-state index contributed by atoms with van der Waals surface area (Å²) in [4.78, 5) is 37.3. The SMILES string of the molecule is O=C(COC(=O)C1CC2C=CC1C2)Nc1ccccc1C(=O)c1ccccc1. The Morgan fingerprint density at radius 1 is 0.929 bits per heavy atom. The van der Waals surface area contributed by atoms with Gasteiger partial charge in [-0.3, -0.25) is 14.4 Å². The Hall–Kier alpha value is -3.21. The molecule has 3 atom stereocenters. The zero-order valence-electron chi connectivity index (χ0n) is 15.3. The molecule has 2 aliphatic rings. The summed E-state index contributed by atoms with van der Waals surface area (Å²) in [5.74, 6) is -0.393. The Kier molecular flexibility index (Phi) is 5.06. The average Bonchev–Trinajstić information content (AvgIpc) is 3.36. The summed E-state index contributed by atoms with van der Waals surface area (Å²) in [5, 5.41) is 2.69. The van der Waals surface area contributed by atoms with E-state index in [1.807, 2.05) is 6.07 Å². The number of anilines is 1. The number of hydrogen-bond acceptors (Lipinski definition) is 4. The molecule has 1 saturated carbocycles. The standard InChI is InChI=1S/C23H21NO4/c25-21(14-28-23(27)19-13-15-10-11-17(19)12-15)24-20-9-5-4-8-18(20)22(26)16-6-2-1-3-7-16/h1-11,15,17,19H,12-14H2,(H,24,25). The molecule has 2 bridgehead atoms. The first-order valence-electron chi connectivity index (χ1n) is 9.45. The van der Waals surface area contributed by atoms with Crippen LogP contribution in [0.5, 0.6) is 0 Å². The highest BCUT2D eigenvalue weighted by Gasteiger charge is 2.40. The van der Waals surface area contributed by atoms with Crippen LogP contribution in [0.2, 0.25) is 0 Å². The summed E-state index contributed by atoms with van der Waals surface area (Å²) >= 11 is 0. The van der Waals surface area contributed by atoms with Crippen molar-refractivity contribution in [1.29, 1.82) is 0 Å². The minimum Gasteiger partial charge on any atom is -0.455 e. The molecule has 0 aliphatic heterocycles. The molecule has 142 valence electrons. The number of nitrogens with one attached hydrogen (secondary N) is 1. The molecule has 3 unspecified atom stereocenters. The fraction of sp³-hybridized carbons (Fsp3) is 0.261. The van der Waals surface area contributed by atoms with E-state index in [2.05, 4.69) is 17.5 Å². The Labute approximate surface area is 163 Å². The minimum atomic E-state index is -0.458. The Morgan fingerprint density at radius 3 is 2.39 bits per heavy atom. The quantitative estimate of drug-likeness (QED) is 0.476. The van der Waals surface area contributed by atoms with Gasteiger partial charge in [-0.25, -0.2) is 0 Å². The number of carbonyl (C=O) groups is 3. The Bertz CT molecular complexity index is 935. The summed E-state index contributed by atoms with van der Waals surface area (Å²) < 4.78 is 5.23. The molecule has 1 N–H and O–H groups in total. The van der Waals surface area contributed by atoms with Gasteiger partial charge in [0.25, 0.3) is 5.91 Å². The van der Waals surface area contributed by atoms with Crippen LogP contribution >= 0.6 is 0 Å². The van der Waals surface area contributed by atoms with Gasteiger partial charge in [0.2, 0.25) is 0 Å². The van der Waals surface area contributed by atoms with Crippen LogP contribution in [0.25, 0.3) is 0 Å². The summed E-state index contributed by atoms with van der Waals surface area (Å²) in [6.07, 6.45) is 6.03. The summed E-state index contributed by atoms with van der Waals surface area (Å²) in [5.41, 5.74) is 1.34. The highest BCUT2D eigenvalue weighted by Crippen LogP contribution is 2.43. The fourth-order valence-electron chi connectivity index (χ4n) is 4.02. The molecule has 1 fully saturated rings. The van der Waals surface area contributed by atoms with E-state index in [0.29, 0.717) is 22.7 Å². The second-order valence-electron chi connectivity index (χ2n) is 7.28. The van der Waals surface area contributed by atoms with Gasteiger partial charge in [0.15, 0.2) is 12.4 Å². The van der Waals surface area contributed by atoms with E-state index in [0.717, 1.165) is 12.8 Å². The molecule has 2 aliphatic carbocycles. The molecule has 0 spiro atoms. The number of ketones is 1. The van der Waals surface area contributed by atoms with Gasteiger partial charge in [0.1, 0.15) is 0 Å². The predicted octanol–water partition coefficient (Wildman–Crippen LogP) is 3.61. The third-order valence-electron chi connectivity index (χ3n) is 5.41. The predicted molar refractivity (Wildman–Crippen MR) is 105 cm³/mol. The monoisotopic (exact) mass is 375 g/mol. The van der Waals surface area contributed by atoms with E-state index < -0.39 is 5.91 Å². The second-order valence-corrected chi connectivity index (χ2v) is 7.28. The zero-order chi connectivity index (χ0) is 19.5. The third kappa shape index (κ3) is 3.74. The maximum absolute atomic E-state index is 12.7. The van der Waals surface area contributed by atoms with Crippen molar-refractivity contribution < 1.29 is 19.1 Å². The van der Waals surface area contributed by atoms with Crippen molar-refractivity contribution in [2.75, 3.05) is 11.9 Å². The van der Waals surface area contributed by atoms with Gasteiger partial charge < -0.3 is 10.1 Å². The molecule has 28 heavy (non-hydrogen) atoms. The van der Waals surface area contributed by atoms with Crippen molar-refractivity contribution in [2.45, 2.75) is 12.8 Å². The van der Waals surface area contributed by atoms with Gasteiger partial charge in [-0.15, -0.1) is 0 Å². The molecule has 4 rings (SSSR count). The lowest BCUT2D eigenvalue weighted by molar-refractivity contribution is -0.152. The van der Waals surface area contributed by atoms with Crippen LogP contribution < -0.4 is 5.32 Å². The topological polar surface area (TPSA) is 72.5 Å². The Morgan fingerprint density at radius 2 is 1.68 bits per heavy atom. The second kappa shape index (κ2) is 7.80. The molecule has 5 nitrogen and oxygen atoms in total. The summed E-state index contributed by atoms with van der Waals surface area (Å²) in [6.45, 7) is -0.357. The van der Waals surface area contributed by atoms with Crippen LogP contribution in [0.15, 0.2) is 66.7 Å².